The van der Waals surface area contributed by atoms with Crippen molar-refractivity contribution in [3.05, 3.63) is 70.4 Å². The van der Waals surface area contributed by atoms with E-state index in [2.05, 4.69) is 25.5 Å². The fourth-order valence-electron chi connectivity index (χ4n) is 4.24. The smallest absolute Gasteiger partial charge is 0.204 e. The first-order valence-corrected chi connectivity index (χ1v) is 15.1. The van der Waals surface area contributed by atoms with Gasteiger partial charge in [-0.25, -0.2) is 44.7 Å². The number of benzene rings is 2. The molecule has 0 aliphatic carbocycles. The Balaban J connectivity index is 1.47. The lowest BCUT2D eigenvalue weighted by molar-refractivity contribution is 0.122. The average Bonchev–Trinajstić information content (AvgIpc) is 3.42. The van der Waals surface area contributed by atoms with E-state index in [4.69, 9.17) is 9.47 Å². The number of sulfone groups is 1. The van der Waals surface area contributed by atoms with Gasteiger partial charge in [0.2, 0.25) is 11.6 Å². The molecule has 1 aliphatic rings. The van der Waals surface area contributed by atoms with E-state index >= 15 is 4.39 Å². The van der Waals surface area contributed by atoms with Gasteiger partial charge < -0.3 is 19.7 Å². The molecule has 0 amide bonds. The second-order valence-corrected chi connectivity index (χ2v) is 12.4. The molecule has 1 fully saturated rings. The SMILES string of the molecule is COc1c(Nc2cc(C)[nH]n2)nc(Sc2ccc(S(=O)(=O)Cc3c(F)c(F)c(F)c(F)c3F)cc2F)nc1N1CCOCC1. The molecule has 4 aromatic rings. The minimum Gasteiger partial charge on any atom is -0.490 e. The van der Waals surface area contributed by atoms with E-state index in [-0.39, 0.29) is 21.6 Å². The summed E-state index contributed by atoms with van der Waals surface area (Å²) in [4.78, 5) is 10.0. The van der Waals surface area contributed by atoms with Crippen LogP contribution in [0.2, 0.25) is 0 Å². The molecule has 0 atom stereocenters. The minimum atomic E-state index is -4.76. The van der Waals surface area contributed by atoms with E-state index in [1.165, 1.54) is 7.11 Å². The first-order chi connectivity index (χ1) is 20.9. The Morgan fingerprint density at radius 2 is 1.66 bits per heavy atom. The largest absolute Gasteiger partial charge is 0.490 e. The fourth-order valence-corrected chi connectivity index (χ4v) is 6.35. The molecule has 0 radical (unpaired) electrons. The number of rotatable bonds is 9. The molecule has 3 heterocycles. The Morgan fingerprint density at radius 3 is 2.25 bits per heavy atom. The van der Waals surface area contributed by atoms with Crippen molar-refractivity contribution >= 4 is 39.1 Å². The summed E-state index contributed by atoms with van der Waals surface area (Å²) in [6.45, 7) is 3.59. The van der Waals surface area contributed by atoms with Crippen molar-refractivity contribution in [2.45, 2.75) is 27.6 Å². The van der Waals surface area contributed by atoms with Crippen LogP contribution in [0.4, 0.5) is 43.8 Å². The van der Waals surface area contributed by atoms with Crippen LogP contribution in [0.3, 0.4) is 0 Å². The number of anilines is 3. The van der Waals surface area contributed by atoms with Gasteiger partial charge >= 0.3 is 0 Å². The molecule has 44 heavy (non-hydrogen) atoms. The van der Waals surface area contributed by atoms with Gasteiger partial charge in [0.25, 0.3) is 0 Å². The zero-order valence-corrected chi connectivity index (χ0v) is 24.5. The molecule has 0 bridgehead atoms. The van der Waals surface area contributed by atoms with Crippen molar-refractivity contribution in [2.75, 3.05) is 43.6 Å². The summed E-state index contributed by atoms with van der Waals surface area (Å²) in [5.41, 5.74) is -0.796. The third kappa shape index (κ3) is 6.27. The van der Waals surface area contributed by atoms with Crippen molar-refractivity contribution in [1.29, 1.82) is 0 Å². The maximum atomic E-state index is 15.3. The number of halogens is 6. The van der Waals surface area contributed by atoms with Crippen LogP contribution in [0.15, 0.2) is 39.2 Å². The van der Waals surface area contributed by atoms with Crippen LogP contribution in [-0.4, -0.2) is 62.0 Å². The predicted molar refractivity (Wildman–Crippen MR) is 146 cm³/mol. The number of aromatic amines is 1. The average molecular weight is 661 g/mol. The zero-order chi connectivity index (χ0) is 31.8. The van der Waals surface area contributed by atoms with Crippen LogP contribution in [0.25, 0.3) is 0 Å². The minimum absolute atomic E-state index is 0.0398. The Kier molecular flexibility index (Phi) is 8.94. The summed E-state index contributed by atoms with van der Waals surface area (Å²) in [5, 5.41) is 9.99. The number of nitrogens with zero attached hydrogens (tertiary/aromatic N) is 4. The lowest BCUT2D eigenvalue weighted by atomic mass is 10.2. The van der Waals surface area contributed by atoms with E-state index in [9.17, 15) is 30.4 Å². The fraction of sp³-hybridized carbons (Fsp3) is 0.269. The molecule has 2 N–H and O–H groups in total. The van der Waals surface area contributed by atoms with Crippen molar-refractivity contribution in [3.63, 3.8) is 0 Å². The van der Waals surface area contributed by atoms with Crippen molar-refractivity contribution in [1.82, 2.24) is 20.2 Å². The van der Waals surface area contributed by atoms with Crippen LogP contribution >= 0.6 is 11.8 Å². The lowest BCUT2D eigenvalue weighted by Gasteiger charge is -2.29. The van der Waals surface area contributed by atoms with Crippen LogP contribution < -0.4 is 15.0 Å². The molecular formula is C26H22F6N6O4S2. The molecule has 2 aromatic carbocycles. The number of H-pyrrole nitrogens is 1. The second-order valence-electron chi connectivity index (χ2n) is 9.37. The van der Waals surface area contributed by atoms with E-state index in [1.54, 1.807) is 13.0 Å². The molecule has 1 saturated heterocycles. The molecule has 5 rings (SSSR count). The number of ether oxygens (including phenoxy) is 2. The Hall–Kier alpha value is -4.03. The molecular weight excluding hydrogens is 638 g/mol. The molecule has 18 heteroatoms. The summed E-state index contributed by atoms with van der Waals surface area (Å²) in [6, 6.07) is 4.29. The third-order valence-electron chi connectivity index (χ3n) is 6.39. The maximum Gasteiger partial charge on any atom is 0.204 e. The van der Waals surface area contributed by atoms with Gasteiger partial charge in [0.15, 0.2) is 55.7 Å². The standard InChI is InChI=1S/C26H22F6N6O4S2/c1-12-9-17(37-36-12)33-24-23(41-2)25(38-5-7-42-8-6-38)35-26(34-24)43-16-4-3-13(10-15(16)27)44(39,40)11-14-18(28)20(30)22(32)21(31)19(14)29/h3-4,9-10H,5-8,11H2,1-2H3,(H2,33,34,35,36,37). The summed E-state index contributed by atoms with van der Waals surface area (Å²) in [5.74, 6) is -13.0. The van der Waals surface area contributed by atoms with Gasteiger partial charge in [0.1, 0.15) is 5.82 Å². The first kappa shape index (κ1) is 31.4. The van der Waals surface area contributed by atoms with Gasteiger partial charge in [-0.3, -0.25) is 5.10 Å². The molecule has 0 saturated carbocycles. The monoisotopic (exact) mass is 660 g/mol. The van der Waals surface area contributed by atoms with Crippen LogP contribution in [0.1, 0.15) is 11.3 Å². The maximum absolute atomic E-state index is 15.3. The van der Waals surface area contributed by atoms with Gasteiger partial charge in [0.05, 0.1) is 35.9 Å². The highest BCUT2D eigenvalue weighted by atomic mass is 32.2. The molecule has 0 spiro atoms. The topological polar surface area (TPSA) is 122 Å². The van der Waals surface area contributed by atoms with Gasteiger partial charge in [-0.2, -0.15) is 5.10 Å². The normalized spacial score (nSPS) is 13.8. The van der Waals surface area contributed by atoms with Crippen molar-refractivity contribution in [3.8, 4) is 5.75 Å². The highest BCUT2D eigenvalue weighted by Gasteiger charge is 2.30. The van der Waals surface area contributed by atoms with Crippen molar-refractivity contribution < 1.29 is 44.2 Å². The highest BCUT2D eigenvalue weighted by Crippen LogP contribution is 2.39. The number of morpholine rings is 1. The lowest BCUT2D eigenvalue weighted by Crippen LogP contribution is -2.37. The van der Waals surface area contributed by atoms with Gasteiger partial charge in [-0.05, 0) is 36.9 Å². The van der Waals surface area contributed by atoms with Crippen LogP contribution in [-0.2, 0) is 20.3 Å². The zero-order valence-electron chi connectivity index (χ0n) is 22.9. The second kappa shape index (κ2) is 12.5. The predicted octanol–water partition coefficient (Wildman–Crippen LogP) is 5.06. The van der Waals surface area contributed by atoms with Gasteiger partial charge in [0, 0.05) is 30.4 Å². The molecule has 0 unspecified atom stereocenters. The molecule has 10 nitrogen and oxygen atoms in total. The Morgan fingerprint density at radius 1 is 1.00 bits per heavy atom. The summed E-state index contributed by atoms with van der Waals surface area (Å²) < 4.78 is 121. The number of aryl methyl sites for hydroxylation is 1. The summed E-state index contributed by atoms with van der Waals surface area (Å²) in [6.07, 6.45) is 0. The highest BCUT2D eigenvalue weighted by molar-refractivity contribution is 7.99. The van der Waals surface area contributed by atoms with Crippen LogP contribution in [0.5, 0.6) is 5.75 Å². The Bertz CT molecular complexity index is 1810. The summed E-state index contributed by atoms with van der Waals surface area (Å²) in [7, 11) is -3.33. The van der Waals surface area contributed by atoms with Crippen LogP contribution in [0, 0.1) is 41.8 Å². The number of methoxy groups -OCH3 is 1. The van der Waals surface area contributed by atoms with Gasteiger partial charge in [-0.1, -0.05) is 0 Å². The molecule has 1 aliphatic heterocycles. The van der Waals surface area contributed by atoms with E-state index in [1.807, 2.05) is 4.90 Å². The van der Waals surface area contributed by atoms with E-state index in [0.29, 0.717) is 44.0 Å². The molecule has 2 aromatic heterocycles. The van der Waals surface area contributed by atoms with E-state index < -0.39 is 61.0 Å². The first-order valence-electron chi connectivity index (χ1n) is 12.7. The number of nitrogens with one attached hydrogen (secondary N) is 2. The summed E-state index contributed by atoms with van der Waals surface area (Å²) >= 11 is 0.741. The molecule has 234 valence electrons. The quantitative estimate of drug-likeness (QED) is 0.109. The number of hydrogen-bond donors (Lipinski definition) is 2. The van der Waals surface area contributed by atoms with E-state index in [0.717, 1.165) is 29.6 Å². The number of hydrogen-bond acceptors (Lipinski definition) is 10. The Labute approximate surface area is 250 Å². The van der Waals surface area contributed by atoms with Gasteiger partial charge in [-0.15, -0.1) is 0 Å². The van der Waals surface area contributed by atoms with Crippen molar-refractivity contribution in [2.24, 2.45) is 0 Å². The third-order valence-corrected chi connectivity index (χ3v) is 8.95. The number of aromatic nitrogens is 4.